The summed E-state index contributed by atoms with van der Waals surface area (Å²) in [4.78, 5) is 15.0. The number of halogens is 1. The maximum Gasteiger partial charge on any atom is 0.335 e. The number of benzene rings is 1. The van der Waals surface area contributed by atoms with Crippen LogP contribution in [0.2, 0.25) is 5.02 Å². The van der Waals surface area contributed by atoms with Gasteiger partial charge in [-0.1, -0.05) is 17.7 Å². The van der Waals surface area contributed by atoms with Crippen molar-refractivity contribution >= 4 is 23.3 Å². The third kappa shape index (κ3) is 3.21. The van der Waals surface area contributed by atoms with Crippen LogP contribution in [-0.4, -0.2) is 16.1 Å². The maximum absolute atomic E-state index is 10.9. The standard InChI is InChI=1S/C13H11ClN2O2/c14-10-5-9(13(17)18)6-12(7-10)16-8-11-3-1-2-4-15-11/h1-7,16H,8H2,(H,17,18). The molecule has 18 heavy (non-hydrogen) atoms. The van der Waals surface area contributed by atoms with Gasteiger partial charge in [-0.15, -0.1) is 0 Å². The van der Waals surface area contributed by atoms with Crippen molar-refractivity contribution in [2.45, 2.75) is 6.54 Å². The number of hydrogen-bond donors (Lipinski definition) is 2. The first-order valence-electron chi connectivity index (χ1n) is 5.33. The van der Waals surface area contributed by atoms with Crippen LogP contribution in [0.5, 0.6) is 0 Å². The number of carboxylic acid groups (broad SMARTS) is 1. The lowest BCUT2D eigenvalue weighted by atomic mass is 10.2. The molecule has 4 nitrogen and oxygen atoms in total. The molecule has 0 fully saturated rings. The van der Waals surface area contributed by atoms with Gasteiger partial charge in [0.1, 0.15) is 0 Å². The van der Waals surface area contributed by atoms with Gasteiger partial charge in [0.15, 0.2) is 0 Å². The molecule has 2 rings (SSSR count). The second-order valence-corrected chi connectivity index (χ2v) is 4.14. The number of nitrogens with zero attached hydrogens (tertiary/aromatic N) is 1. The van der Waals surface area contributed by atoms with Crippen LogP contribution in [0.3, 0.4) is 0 Å². The average molecular weight is 263 g/mol. The van der Waals surface area contributed by atoms with Crippen LogP contribution in [0.4, 0.5) is 5.69 Å². The van der Waals surface area contributed by atoms with E-state index in [-0.39, 0.29) is 5.56 Å². The van der Waals surface area contributed by atoms with E-state index in [1.165, 1.54) is 12.1 Å². The SMILES string of the molecule is O=C(O)c1cc(Cl)cc(NCc2ccccn2)c1. The highest BCUT2D eigenvalue weighted by molar-refractivity contribution is 6.31. The summed E-state index contributed by atoms with van der Waals surface area (Å²) in [6.45, 7) is 0.514. The van der Waals surface area contributed by atoms with Crippen molar-refractivity contribution in [1.29, 1.82) is 0 Å². The molecule has 0 aliphatic carbocycles. The molecule has 0 unspecified atom stereocenters. The van der Waals surface area contributed by atoms with Crippen molar-refractivity contribution in [1.82, 2.24) is 4.98 Å². The fraction of sp³-hybridized carbons (Fsp3) is 0.0769. The van der Waals surface area contributed by atoms with Crippen LogP contribution in [0.1, 0.15) is 16.1 Å². The predicted molar refractivity (Wildman–Crippen MR) is 70.0 cm³/mol. The molecule has 1 aromatic carbocycles. The van der Waals surface area contributed by atoms with Gasteiger partial charge in [-0.05, 0) is 30.3 Å². The number of aromatic carboxylic acids is 1. The minimum atomic E-state index is -1.00. The largest absolute Gasteiger partial charge is 0.478 e. The molecule has 2 N–H and O–H groups in total. The number of anilines is 1. The molecule has 0 saturated carbocycles. The minimum absolute atomic E-state index is 0.158. The van der Waals surface area contributed by atoms with Gasteiger partial charge in [-0.2, -0.15) is 0 Å². The smallest absolute Gasteiger partial charge is 0.335 e. The van der Waals surface area contributed by atoms with E-state index in [1.807, 2.05) is 18.2 Å². The Labute approximate surface area is 109 Å². The Morgan fingerprint density at radius 3 is 2.83 bits per heavy atom. The second kappa shape index (κ2) is 5.51. The lowest BCUT2D eigenvalue weighted by Gasteiger charge is -2.07. The molecule has 0 atom stereocenters. The molecular formula is C13H11ClN2O2. The highest BCUT2D eigenvalue weighted by atomic mass is 35.5. The van der Waals surface area contributed by atoms with E-state index in [9.17, 15) is 4.79 Å². The predicted octanol–water partition coefficient (Wildman–Crippen LogP) is 3.05. The van der Waals surface area contributed by atoms with Gasteiger partial charge < -0.3 is 10.4 Å². The van der Waals surface area contributed by atoms with E-state index in [0.29, 0.717) is 17.3 Å². The first-order chi connectivity index (χ1) is 8.65. The summed E-state index contributed by atoms with van der Waals surface area (Å²) < 4.78 is 0. The summed E-state index contributed by atoms with van der Waals surface area (Å²) in [6.07, 6.45) is 1.71. The van der Waals surface area contributed by atoms with Crippen molar-refractivity contribution in [3.05, 3.63) is 58.9 Å². The Balaban J connectivity index is 2.12. The van der Waals surface area contributed by atoms with Crippen molar-refractivity contribution in [3.8, 4) is 0 Å². The van der Waals surface area contributed by atoms with Gasteiger partial charge in [-0.25, -0.2) is 4.79 Å². The minimum Gasteiger partial charge on any atom is -0.478 e. The van der Waals surface area contributed by atoms with Crippen LogP contribution < -0.4 is 5.32 Å². The molecule has 5 heteroatoms. The van der Waals surface area contributed by atoms with Gasteiger partial charge in [-0.3, -0.25) is 4.98 Å². The van der Waals surface area contributed by atoms with Crippen molar-refractivity contribution in [2.75, 3.05) is 5.32 Å². The first-order valence-corrected chi connectivity index (χ1v) is 5.70. The van der Waals surface area contributed by atoms with E-state index in [1.54, 1.807) is 12.3 Å². The number of carboxylic acids is 1. The Hall–Kier alpha value is -2.07. The summed E-state index contributed by atoms with van der Waals surface area (Å²) in [5.74, 6) is -1.00. The van der Waals surface area contributed by atoms with Gasteiger partial charge >= 0.3 is 5.97 Å². The number of aromatic nitrogens is 1. The summed E-state index contributed by atoms with van der Waals surface area (Å²) in [5, 5.41) is 12.4. The Bertz CT molecular complexity index is 558. The molecular weight excluding hydrogens is 252 g/mol. The molecule has 92 valence electrons. The molecule has 0 bridgehead atoms. The summed E-state index contributed by atoms with van der Waals surface area (Å²) in [5.41, 5.74) is 1.69. The Morgan fingerprint density at radius 1 is 1.33 bits per heavy atom. The Morgan fingerprint density at radius 2 is 2.17 bits per heavy atom. The normalized spacial score (nSPS) is 10.1. The van der Waals surface area contributed by atoms with Crippen molar-refractivity contribution in [3.63, 3.8) is 0 Å². The summed E-state index contributed by atoms with van der Waals surface area (Å²) in [7, 11) is 0. The second-order valence-electron chi connectivity index (χ2n) is 3.71. The van der Waals surface area contributed by atoms with Crippen molar-refractivity contribution < 1.29 is 9.90 Å². The molecule has 2 aromatic rings. The quantitative estimate of drug-likeness (QED) is 0.889. The van der Waals surface area contributed by atoms with Gasteiger partial charge in [0.25, 0.3) is 0 Å². The molecule has 0 amide bonds. The third-order valence-electron chi connectivity index (χ3n) is 2.34. The molecule has 1 aromatic heterocycles. The van der Waals surface area contributed by atoms with E-state index in [2.05, 4.69) is 10.3 Å². The van der Waals surface area contributed by atoms with Crippen LogP contribution >= 0.6 is 11.6 Å². The monoisotopic (exact) mass is 262 g/mol. The van der Waals surface area contributed by atoms with Gasteiger partial charge in [0, 0.05) is 16.9 Å². The molecule has 0 radical (unpaired) electrons. The molecule has 1 heterocycles. The van der Waals surface area contributed by atoms with Crippen LogP contribution in [-0.2, 0) is 6.54 Å². The molecule has 0 saturated heterocycles. The number of hydrogen-bond acceptors (Lipinski definition) is 3. The van der Waals surface area contributed by atoms with E-state index >= 15 is 0 Å². The van der Waals surface area contributed by atoms with E-state index in [4.69, 9.17) is 16.7 Å². The van der Waals surface area contributed by atoms with Crippen LogP contribution in [0.25, 0.3) is 0 Å². The molecule has 0 spiro atoms. The Kier molecular flexibility index (Phi) is 3.79. The topological polar surface area (TPSA) is 62.2 Å². The maximum atomic E-state index is 10.9. The lowest BCUT2D eigenvalue weighted by Crippen LogP contribution is -2.03. The highest BCUT2D eigenvalue weighted by Gasteiger charge is 2.06. The zero-order valence-electron chi connectivity index (χ0n) is 9.43. The number of rotatable bonds is 4. The number of nitrogens with one attached hydrogen (secondary N) is 1. The van der Waals surface area contributed by atoms with E-state index in [0.717, 1.165) is 5.69 Å². The average Bonchev–Trinajstić information content (AvgIpc) is 2.37. The van der Waals surface area contributed by atoms with Gasteiger partial charge in [0.2, 0.25) is 0 Å². The fourth-order valence-electron chi connectivity index (χ4n) is 1.51. The highest BCUT2D eigenvalue weighted by Crippen LogP contribution is 2.19. The lowest BCUT2D eigenvalue weighted by molar-refractivity contribution is 0.0697. The summed E-state index contributed by atoms with van der Waals surface area (Å²) >= 11 is 5.86. The molecule has 0 aliphatic rings. The van der Waals surface area contributed by atoms with E-state index < -0.39 is 5.97 Å². The van der Waals surface area contributed by atoms with Crippen LogP contribution in [0, 0.1) is 0 Å². The number of carbonyl (C=O) groups is 1. The molecule has 0 aliphatic heterocycles. The van der Waals surface area contributed by atoms with Gasteiger partial charge in [0.05, 0.1) is 17.8 Å². The number of pyridine rings is 1. The summed E-state index contributed by atoms with van der Waals surface area (Å²) in [6, 6.07) is 10.2. The fourth-order valence-corrected chi connectivity index (χ4v) is 1.75. The first kappa shape index (κ1) is 12.4. The third-order valence-corrected chi connectivity index (χ3v) is 2.56. The zero-order valence-corrected chi connectivity index (χ0v) is 10.2. The zero-order chi connectivity index (χ0) is 13.0. The van der Waals surface area contributed by atoms with Crippen LogP contribution in [0.15, 0.2) is 42.6 Å². The van der Waals surface area contributed by atoms with Crippen molar-refractivity contribution in [2.24, 2.45) is 0 Å².